The van der Waals surface area contributed by atoms with E-state index in [0.717, 1.165) is 37.2 Å². The monoisotopic (exact) mass is 312 g/mol. The molecule has 0 spiro atoms. The molecule has 1 aromatic carbocycles. The highest BCUT2D eigenvalue weighted by Crippen LogP contribution is 2.23. The van der Waals surface area contributed by atoms with E-state index in [9.17, 15) is 9.90 Å². The molecule has 98 valence electrons. The van der Waals surface area contributed by atoms with Crippen LogP contribution in [0.3, 0.4) is 0 Å². The van der Waals surface area contributed by atoms with Gasteiger partial charge in [0.05, 0.1) is 5.56 Å². The van der Waals surface area contributed by atoms with Gasteiger partial charge in [0.25, 0.3) is 5.91 Å². The van der Waals surface area contributed by atoms with Crippen molar-refractivity contribution in [3.8, 4) is 5.75 Å². The van der Waals surface area contributed by atoms with Gasteiger partial charge in [-0.1, -0.05) is 22.9 Å². The van der Waals surface area contributed by atoms with E-state index in [-0.39, 0.29) is 11.7 Å². The van der Waals surface area contributed by atoms with Crippen molar-refractivity contribution in [3.63, 3.8) is 0 Å². The predicted molar refractivity (Wildman–Crippen MR) is 73.8 cm³/mol. The largest absolute Gasteiger partial charge is 0.507 e. The van der Waals surface area contributed by atoms with Crippen molar-refractivity contribution in [2.75, 3.05) is 32.7 Å². The van der Waals surface area contributed by atoms with Gasteiger partial charge in [-0.3, -0.25) is 4.79 Å². The number of phenols is 1. The van der Waals surface area contributed by atoms with Crippen LogP contribution in [0.2, 0.25) is 0 Å². The third-order valence-corrected chi connectivity index (χ3v) is 3.79. The number of carbonyl (C=O) groups excluding carboxylic acids is 1. The molecule has 18 heavy (non-hydrogen) atoms. The van der Waals surface area contributed by atoms with Crippen molar-refractivity contribution in [2.24, 2.45) is 0 Å². The van der Waals surface area contributed by atoms with Crippen molar-refractivity contribution in [3.05, 3.63) is 28.2 Å². The molecule has 2 rings (SSSR count). The Labute approximate surface area is 115 Å². The van der Waals surface area contributed by atoms with Crippen LogP contribution in [-0.2, 0) is 0 Å². The SMILES string of the molecule is CCN1CCN(C(=O)c2cc(Br)ccc2O)CC1. The number of amides is 1. The summed E-state index contributed by atoms with van der Waals surface area (Å²) < 4.78 is 0.802. The molecule has 1 heterocycles. The Hall–Kier alpha value is -1.07. The number of halogens is 1. The molecule has 1 aliphatic heterocycles. The lowest BCUT2D eigenvalue weighted by molar-refractivity contribution is 0.0640. The first kappa shape index (κ1) is 13.4. The summed E-state index contributed by atoms with van der Waals surface area (Å²) in [5.74, 6) is -0.0503. The Morgan fingerprint density at radius 2 is 2.00 bits per heavy atom. The smallest absolute Gasteiger partial charge is 0.257 e. The maximum absolute atomic E-state index is 12.3. The average molecular weight is 313 g/mol. The lowest BCUT2D eigenvalue weighted by Crippen LogP contribution is -2.48. The standard InChI is InChI=1S/C13H17BrN2O2/c1-2-15-5-7-16(8-6-15)13(18)11-9-10(14)3-4-12(11)17/h3-4,9,17H,2,5-8H2,1H3. The van der Waals surface area contributed by atoms with Crippen LogP contribution >= 0.6 is 15.9 Å². The van der Waals surface area contributed by atoms with Gasteiger partial charge >= 0.3 is 0 Å². The number of phenolic OH excluding ortho intramolecular Hbond substituents is 1. The first-order valence-corrected chi connectivity index (χ1v) is 6.91. The van der Waals surface area contributed by atoms with Gasteiger partial charge < -0.3 is 14.9 Å². The van der Waals surface area contributed by atoms with Crippen molar-refractivity contribution < 1.29 is 9.90 Å². The maximum Gasteiger partial charge on any atom is 0.257 e. The summed E-state index contributed by atoms with van der Waals surface area (Å²) in [5.41, 5.74) is 0.370. The van der Waals surface area contributed by atoms with E-state index in [1.54, 1.807) is 23.1 Å². The first-order valence-electron chi connectivity index (χ1n) is 6.12. The third-order valence-electron chi connectivity index (χ3n) is 3.30. The van der Waals surface area contributed by atoms with Gasteiger partial charge in [0.1, 0.15) is 5.75 Å². The second kappa shape index (κ2) is 5.71. The van der Waals surface area contributed by atoms with Crippen molar-refractivity contribution in [2.45, 2.75) is 6.92 Å². The van der Waals surface area contributed by atoms with Gasteiger partial charge in [-0.2, -0.15) is 0 Å². The van der Waals surface area contributed by atoms with Crippen molar-refractivity contribution >= 4 is 21.8 Å². The fourth-order valence-corrected chi connectivity index (χ4v) is 2.48. The molecule has 1 fully saturated rings. The van der Waals surface area contributed by atoms with Crippen molar-refractivity contribution in [1.29, 1.82) is 0 Å². The van der Waals surface area contributed by atoms with Crippen LogP contribution in [0.25, 0.3) is 0 Å². The van der Waals surface area contributed by atoms with Gasteiger partial charge in [-0.15, -0.1) is 0 Å². The van der Waals surface area contributed by atoms with Gasteiger partial charge in [0.15, 0.2) is 0 Å². The minimum atomic E-state index is -0.0930. The van der Waals surface area contributed by atoms with E-state index in [1.807, 2.05) is 0 Å². The highest BCUT2D eigenvalue weighted by Gasteiger charge is 2.23. The fourth-order valence-electron chi connectivity index (χ4n) is 2.12. The molecule has 0 radical (unpaired) electrons. The summed E-state index contributed by atoms with van der Waals surface area (Å²) in [5, 5.41) is 9.76. The summed E-state index contributed by atoms with van der Waals surface area (Å²) in [7, 11) is 0. The Morgan fingerprint density at radius 1 is 1.33 bits per heavy atom. The second-order valence-electron chi connectivity index (χ2n) is 4.39. The normalized spacial score (nSPS) is 16.9. The average Bonchev–Trinajstić information content (AvgIpc) is 2.41. The first-order chi connectivity index (χ1) is 8.61. The number of carbonyl (C=O) groups is 1. The highest BCUT2D eigenvalue weighted by molar-refractivity contribution is 9.10. The lowest BCUT2D eigenvalue weighted by atomic mass is 10.1. The number of likely N-dealkylation sites (N-methyl/N-ethyl adjacent to an activating group) is 1. The van der Waals surface area contributed by atoms with Crippen LogP contribution in [0.5, 0.6) is 5.75 Å². The lowest BCUT2D eigenvalue weighted by Gasteiger charge is -2.34. The zero-order chi connectivity index (χ0) is 13.1. The summed E-state index contributed by atoms with van der Waals surface area (Å²) in [6, 6.07) is 4.94. The van der Waals surface area contributed by atoms with Crippen LogP contribution in [0.4, 0.5) is 0 Å². The molecule has 1 saturated heterocycles. The molecule has 1 amide bonds. The minimum absolute atomic E-state index is 0.0427. The third kappa shape index (κ3) is 2.84. The molecule has 1 aliphatic rings. The van der Waals surface area contributed by atoms with E-state index in [4.69, 9.17) is 0 Å². The van der Waals surface area contributed by atoms with Gasteiger partial charge in [0, 0.05) is 30.7 Å². The molecule has 1 aromatic rings. The zero-order valence-corrected chi connectivity index (χ0v) is 12.0. The summed E-state index contributed by atoms with van der Waals surface area (Å²) in [4.78, 5) is 16.4. The number of benzene rings is 1. The van der Waals surface area contributed by atoms with Gasteiger partial charge in [-0.05, 0) is 24.7 Å². The number of nitrogens with zero attached hydrogens (tertiary/aromatic N) is 2. The molecule has 0 unspecified atom stereocenters. The predicted octanol–water partition coefficient (Wildman–Crippen LogP) is 1.93. The van der Waals surface area contributed by atoms with E-state index in [1.165, 1.54) is 0 Å². The number of rotatable bonds is 2. The Bertz CT molecular complexity index is 443. The van der Waals surface area contributed by atoms with Gasteiger partial charge in [-0.25, -0.2) is 0 Å². The summed E-state index contributed by atoms with van der Waals surface area (Å²) >= 11 is 3.32. The van der Waals surface area contributed by atoms with Crippen LogP contribution in [-0.4, -0.2) is 53.5 Å². The Balaban J connectivity index is 2.10. The zero-order valence-electron chi connectivity index (χ0n) is 10.4. The summed E-state index contributed by atoms with van der Waals surface area (Å²) in [6.45, 7) is 6.38. The Morgan fingerprint density at radius 3 is 2.61 bits per heavy atom. The topological polar surface area (TPSA) is 43.8 Å². The quantitative estimate of drug-likeness (QED) is 0.907. The molecule has 4 nitrogen and oxygen atoms in total. The minimum Gasteiger partial charge on any atom is -0.507 e. The molecule has 0 saturated carbocycles. The molecule has 0 aliphatic carbocycles. The van der Waals surface area contributed by atoms with Gasteiger partial charge in [0.2, 0.25) is 0 Å². The van der Waals surface area contributed by atoms with E-state index in [0.29, 0.717) is 5.56 Å². The molecule has 5 heteroatoms. The van der Waals surface area contributed by atoms with Crippen LogP contribution in [0.1, 0.15) is 17.3 Å². The number of hydrogen-bond donors (Lipinski definition) is 1. The molecule has 1 N–H and O–H groups in total. The maximum atomic E-state index is 12.3. The number of piperazine rings is 1. The van der Waals surface area contributed by atoms with Crippen LogP contribution < -0.4 is 0 Å². The van der Waals surface area contributed by atoms with Crippen LogP contribution in [0, 0.1) is 0 Å². The van der Waals surface area contributed by atoms with Crippen LogP contribution in [0.15, 0.2) is 22.7 Å². The molecule has 0 atom stereocenters. The molecule has 0 bridgehead atoms. The molecular formula is C13H17BrN2O2. The van der Waals surface area contributed by atoms with Crippen molar-refractivity contribution in [1.82, 2.24) is 9.80 Å². The molecular weight excluding hydrogens is 296 g/mol. The Kier molecular flexibility index (Phi) is 4.24. The van der Waals surface area contributed by atoms with E-state index >= 15 is 0 Å². The number of aromatic hydroxyl groups is 1. The summed E-state index contributed by atoms with van der Waals surface area (Å²) in [6.07, 6.45) is 0. The van der Waals surface area contributed by atoms with E-state index < -0.39 is 0 Å². The fraction of sp³-hybridized carbons (Fsp3) is 0.462. The number of hydrogen-bond acceptors (Lipinski definition) is 3. The molecule has 0 aromatic heterocycles. The van der Waals surface area contributed by atoms with E-state index in [2.05, 4.69) is 27.8 Å². The highest BCUT2D eigenvalue weighted by atomic mass is 79.9. The second-order valence-corrected chi connectivity index (χ2v) is 5.30.